The zero-order valence-corrected chi connectivity index (χ0v) is 26.0. The summed E-state index contributed by atoms with van der Waals surface area (Å²) in [6.45, 7) is 5.24. The van der Waals surface area contributed by atoms with Gasteiger partial charge in [-0.1, -0.05) is 12.8 Å². The summed E-state index contributed by atoms with van der Waals surface area (Å²) in [6.07, 6.45) is 5.05. The highest BCUT2D eigenvalue weighted by atomic mass is 19.1. The van der Waals surface area contributed by atoms with Gasteiger partial charge >= 0.3 is 0 Å². The van der Waals surface area contributed by atoms with Crippen LogP contribution in [-0.4, -0.2) is 117 Å². The third-order valence-corrected chi connectivity index (χ3v) is 12.2. The second-order valence-electron chi connectivity index (χ2n) is 15.0. The maximum Gasteiger partial charge on any atom is 0.227 e. The first-order chi connectivity index (χ1) is 20.5. The van der Waals surface area contributed by atoms with Crippen molar-refractivity contribution in [2.24, 2.45) is 34.1 Å². The number of nitrogens with two attached hydrogens (primary N) is 2. The molecule has 6 aliphatic rings. The summed E-state index contributed by atoms with van der Waals surface area (Å²) in [7, 11) is 1.67. The van der Waals surface area contributed by atoms with E-state index in [2.05, 4.69) is 20.9 Å². The molecule has 0 bridgehead atoms. The van der Waals surface area contributed by atoms with Crippen LogP contribution >= 0.6 is 0 Å². The molecule has 8 atom stereocenters. The van der Waals surface area contributed by atoms with Crippen LogP contribution in [0.4, 0.5) is 8.78 Å². The highest BCUT2D eigenvalue weighted by molar-refractivity contribution is 5.81. The van der Waals surface area contributed by atoms with Gasteiger partial charge in [0.05, 0.1) is 42.9 Å². The van der Waals surface area contributed by atoms with Crippen molar-refractivity contribution in [3.8, 4) is 0 Å². The molecule has 0 radical (unpaired) electrons. The van der Waals surface area contributed by atoms with Gasteiger partial charge in [0.25, 0.3) is 0 Å². The summed E-state index contributed by atoms with van der Waals surface area (Å²) >= 11 is 0. The van der Waals surface area contributed by atoms with Gasteiger partial charge in [-0.2, -0.15) is 0 Å². The van der Waals surface area contributed by atoms with E-state index in [-0.39, 0.29) is 53.3 Å². The summed E-state index contributed by atoms with van der Waals surface area (Å²) in [5.41, 5.74) is 12.4. The van der Waals surface area contributed by atoms with E-state index in [4.69, 9.17) is 16.2 Å². The molecule has 0 aromatic heterocycles. The van der Waals surface area contributed by atoms with Gasteiger partial charge in [0.1, 0.15) is 12.3 Å². The Morgan fingerprint density at radius 3 is 2.35 bits per heavy atom. The number of methoxy groups -OCH3 is 1. The monoisotopic (exact) mass is 609 g/mol. The lowest BCUT2D eigenvalue weighted by molar-refractivity contribution is -0.163. The zero-order valence-electron chi connectivity index (χ0n) is 26.0. The van der Waals surface area contributed by atoms with Crippen LogP contribution in [0.25, 0.3) is 0 Å². The third-order valence-electron chi connectivity index (χ3n) is 12.2. The van der Waals surface area contributed by atoms with Crippen molar-refractivity contribution in [2.45, 2.75) is 107 Å². The maximum atomic E-state index is 15.6. The summed E-state index contributed by atoms with van der Waals surface area (Å²) < 4.78 is 36.1. The second-order valence-corrected chi connectivity index (χ2v) is 15.0. The lowest BCUT2D eigenvalue weighted by Crippen LogP contribution is -2.68. The van der Waals surface area contributed by atoms with Gasteiger partial charge in [-0.3, -0.25) is 14.5 Å². The van der Waals surface area contributed by atoms with Crippen molar-refractivity contribution in [1.29, 1.82) is 0 Å². The lowest BCUT2D eigenvalue weighted by Gasteiger charge is -2.49. The Morgan fingerprint density at radius 1 is 1.02 bits per heavy atom. The Balaban J connectivity index is 1.10. The number of carbonyl (C=O) groups excluding carboxylic acids is 2. The molecule has 244 valence electrons. The minimum absolute atomic E-state index is 0.0527. The zero-order chi connectivity index (χ0) is 30.6. The van der Waals surface area contributed by atoms with Crippen molar-refractivity contribution in [2.75, 3.05) is 52.9 Å². The molecule has 8 unspecified atom stereocenters. The third kappa shape index (κ3) is 5.96. The van der Waals surface area contributed by atoms with Crippen molar-refractivity contribution < 1.29 is 23.1 Å². The van der Waals surface area contributed by atoms with E-state index < -0.39 is 36.5 Å². The molecule has 7 N–H and O–H groups in total. The molecule has 4 aliphatic heterocycles. The average Bonchev–Trinajstić information content (AvgIpc) is 3.59. The summed E-state index contributed by atoms with van der Waals surface area (Å²) in [5.74, 6) is -0.973. The molecule has 43 heavy (non-hydrogen) atoms. The van der Waals surface area contributed by atoms with Crippen molar-refractivity contribution >= 4 is 11.8 Å². The molecule has 0 aromatic carbocycles. The van der Waals surface area contributed by atoms with Crippen LogP contribution in [-0.2, 0) is 14.3 Å². The van der Waals surface area contributed by atoms with Gasteiger partial charge in [-0.25, -0.2) is 8.78 Å². The van der Waals surface area contributed by atoms with Crippen LogP contribution in [0, 0.1) is 22.7 Å². The number of ether oxygens (including phenoxy) is 1. The van der Waals surface area contributed by atoms with Crippen LogP contribution in [0.5, 0.6) is 0 Å². The number of hydrogen-bond donors (Lipinski definition) is 5. The molecule has 4 heterocycles. The van der Waals surface area contributed by atoms with E-state index in [1.807, 2.05) is 11.8 Å². The highest BCUT2D eigenvalue weighted by Crippen LogP contribution is 2.76. The van der Waals surface area contributed by atoms with Crippen molar-refractivity contribution in [3.05, 3.63) is 0 Å². The van der Waals surface area contributed by atoms with Crippen molar-refractivity contribution in [3.63, 3.8) is 0 Å². The van der Waals surface area contributed by atoms with E-state index in [9.17, 15) is 9.59 Å². The molecule has 2 saturated carbocycles. The minimum Gasteiger partial charge on any atom is -0.375 e. The number of likely N-dealkylation sites (tertiary alicyclic amines) is 2. The predicted octanol–water partition coefficient (Wildman–Crippen LogP) is 0.641. The quantitative estimate of drug-likeness (QED) is 0.265. The Kier molecular flexibility index (Phi) is 8.84. The van der Waals surface area contributed by atoms with Crippen LogP contribution in [0.2, 0.25) is 0 Å². The number of halogens is 2. The maximum absolute atomic E-state index is 15.6. The largest absolute Gasteiger partial charge is 0.375 e. The van der Waals surface area contributed by atoms with E-state index in [1.54, 1.807) is 7.11 Å². The van der Waals surface area contributed by atoms with Gasteiger partial charge in [0.15, 0.2) is 0 Å². The minimum atomic E-state index is -1.17. The summed E-state index contributed by atoms with van der Waals surface area (Å²) in [4.78, 5) is 31.0. The molecule has 2 amide bonds. The first-order valence-corrected chi connectivity index (χ1v) is 16.6. The van der Waals surface area contributed by atoms with Gasteiger partial charge < -0.3 is 37.1 Å². The number of carbonyl (C=O) groups is 2. The number of piperidine rings is 2. The number of amides is 2. The topological polar surface area (TPSA) is 138 Å². The predicted molar refractivity (Wildman–Crippen MR) is 159 cm³/mol. The smallest absolute Gasteiger partial charge is 0.227 e. The van der Waals surface area contributed by atoms with Gasteiger partial charge in [0.2, 0.25) is 11.8 Å². The lowest BCUT2D eigenvalue weighted by atomic mass is 9.71. The normalized spacial score (nSPS) is 40.8. The number of rotatable bonds is 7. The molecule has 4 saturated heterocycles. The standard InChI is InChI=1S/C31H53F2N7O3/c1-29(43-2)17-40(18-29)28(42)19-5-9-39(10-6-19)25-21(33)14-36-15-23(25)38-27(41)24(26(34)35)22-12-31-8-4-3-7-30(31,16-31)11-20(32)13-37-22/h19-26,36-37H,3-18,34-35H2,1-2H3,(H,38,41). The van der Waals surface area contributed by atoms with E-state index >= 15 is 8.78 Å². The number of nitrogens with one attached hydrogen (secondary N) is 3. The second kappa shape index (κ2) is 12.1. The van der Waals surface area contributed by atoms with Crippen LogP contribution in [0.1, 0.15) is 64.7 Å². The SMILES string of the molecule is COC1(C)CN(C(=O)C2CCN(C3C(F)CNCC3NC(=O)C(C(N)N)C3CC45CCCCC4(CC(F)CN3)C5)CC2)C1. The van der Waals surface area contributed by atoms with Gasteiger partial charge in [0, 0.05) is 38.7 Å². The molecule has 6 fully saturated rings. The van der Waals surface area contributed by atoms with E-state index in [1.165, 1.54) is 0 Å². The Hall–Kier alpha value is -1.44. The van der Waals surface area contributed by atoms with Gasteiger partial charge in [-0.15, -0.1) is 0 Å². The molecule has 0 spiro atoms. The highest BCUT2D eigenvalue weighted by Gasteiger charge is 2.68. The Labute approximate surface area is 254 Å². The fourth-order valence-corrected chi connectivity index (χ4v) is 9.68. The van der Waals surface area contributed by atoms with E-state index in [0.717, 1.165) is 38.5 Å². The molecular weight excluding hydrogens is 556 g/mol. The average molecular weight is 610 g/mol. The first kappa shape index (κ1) is 31.5. The molecule has 10 nitrogen and oxygen atoms in total. The number of hydrogen-bond acceptors (Lipinski definition) is 8. The fourth-order valence-electron chi connectivity index (χ4n) is 9.68. The van der Waals surface area contributed by atoms with Crippen LogP contribution < -0.4 is 27.4 Å². The van der Waals surface area contributed by atoms with Crippen LogP contribution in [0.15, 0.2) is 0 Å². The van der Waals surface area contributed by atoms with Gasteiger partial charge in [-0.05, 0) is 75.8 Å². The molecular formula is C31H53F2N7O3. The molecule has 6 rings (SSSR count). The fraction of sp³-hybridized carbons (Fsp3) is 0.935. The Bertz CT molecular complexity index is 1040. The number of nitrogens with zero attached hydrogens (tertiary/aromatic N) is 2. The molecule has 12 heteroatoms. The Morgan fingerprint density at radius 2 is 1.70 bits per heavy atom. The van der Waals surface area contributed by atoms with Crippen LogP contribution in [0.3, 0.4) is 0 Å². The van der Waals surface area contributed by atoms with Crippen molar-refractivity contribution in [1.82, 2.24) is 25.8 Å². The summed E-state index contributed by atoms with van der Waals surface area (Å²) in [6, 6.07) is -1.32. The molecule has 0 aromatic rings. The first-order valence-electron chi connectivity index (χ1n) is 16.6. The van der Waals surface area contributed by atoms with E-state index in [0.29, 0.717) is 52.0 Å². The molecule has 2 aliphatic carbocycles. The number of alkyl halides is 2. The summed E-state index contributed by atoms with van der Waals surface area (Å²) in [5, 5.41) is 9.61.